The molecule has 0 saturated carbocycles. The van der Waals surface area contributed by atoms with Gasteiger partial charge in [-0.2, -0.15) is 0 Å². The number of hydrogen-bond donors (Lipinski definition) is 1. The summed E-state index contributed by atoms with van der Waals surface area (Å²) in [6.45, 7) is 7.19. The molecule has 100 valence electrons. The van der Waals surface area contributed by atoms with Gasteiger partial charge in [0.15, 0.2) is 0 Å². The predicted molar refractivity (Wildman–Crippen MR) is 71.4 cm³/mol. The van der Waals surface area contributed by atoms with Crippen molar-refractivity contribution >= 4 is 17.7 Å². The van der Waals surface area contributed by atoms with Crippen molar-refractivity contribution in [3.8, 4) is 0 Å². The molecule has 0 spiro atoms. The molecule has 0 aliphatic carbocycles. The lowest BCUT2D eigenvalue weighted by Crippen LogP contribution is -2.24. The lowest BCUT2D eigenvalue weighted by molar-refractivity contribution is -0.151. The number of pyridine rings is 1. The van der Waals surface area contributed by atoms with Gasteiger partial charge in [-0.3, -0.25) is 9.78 Å². The molecule has 0 aromatic carbocycles. The van der Waals surface area contributed by atoms with E-state index in [9.17, 15) is 9.90 Å². The van der Waals surface area contributed by atoms with E-state index in [4.69, 9.17) is 4.74 Å². The number of carbonyl (C=O) groups is 1. The normalized spacial score (nSPS) is 13.2. The first kappa shape index (κ1) is 15.0. The Labute approximate surface area is 112 Å². The highest BCUT2D eigenvalue weighted by Gasteiger charge is 2.16. The quantitative estimate of drug-likeness (QED) is 0.672. The van der Waals surface area contributed by atoms with Gasteiger partial charge in [-0.1, -0.05) is 0 Å². The molecule has 1 atom stereocenters. The van der Waals surface area contributed by atoms with Crippen LogP contribution in [-0.2, 0) is 9.53 Å². The summed E-state index contributed by atoms with van der Waals surface area (Å²) in [5.74, 6) is 0.0135. The van der Waals surface area contributed by atoms with Crippen LogP contribution in [0.5, 0.6) is 0 Å². The Bertz CT molecular complexity index is 396. The monoisotopic (exact) mass is 269 g/mol. The molecule has 0 aliphatic rings. The lowest BCUT2D eigenvalue weighted by atomic mass is 10.2. The van der Waals surface area contributed by atoms with Gasteiger partial charge in [-0.25, -0.2) is 0 Å². The van der Waals surface area contributed by atoms with Gasteiger partial charge in [-0.15, -0.1) is 11.8 Å². The molecule has 1 heterocycles. The molecule has 1 unspecified atom stereocenters. The number of aliphatic hydroxyl groups is 1. The Kier molecular flexibility index (Phi) is 5.16. The van der Waals surface area contributed by atoms with E-state index in [-0.39, 0.29) is 11.7 Å². The van der Waals surface area contributed by atoms with Gasteiger partial charge in [-0.05, 0) is 39.8 Å². The zero-order valence-corrected chi connectivity index (χ0v) is 12.0. The highest BCUT2D eigenvalue weighted by atomic mass is 32.2. The first-order chi connectivity index (χ1) is 8.28. The molecule has 0 radical (unpaired) electrons. The van der Waals surface area contributed by atoms with Crippen molar-refractivity contribution in [2.45, 2.75) is 44.3 Å². The van der Waals surface area contributed by atoms with E-state index in [1.807, 2.05) is 26.8 Å². The summed E-state index contributed by atoms with van der Waals surface area (Å²) in [4.78, 5) is 16.5. The smallest absolute Gasteiger partial charge is 0.316 e. The van der Waals surface area contributed by atoms with Crippen molar-refractivity contribution in [3.63, 3.8) is 0 Å². The van der Waals surface area contributed by atoms with E-state index in [0.29, 0.717) is 5.69 Å². The van der Waals surface area contributed by atoms with E-state index >= 15 is 0 Å². The molecule has 0 fully saturated rings. The minimum Gasteiger partial charge on any atom is -0.459 e. The molecule has 4 nitrogen and oxygen atoms in total. The highest BCUT2D eigenvalue weighted by Crippen LogP contribution is 2.20. The fourth-order valence-electron chi connectivity index (χ4n) is 1.24. The van der Waals surface area contributed by atoms with Crippen LogP contribution in [0.25, 0.3) is 0 Å². The Hall–Kier alpha value is -1.07. The molecule has 1 aromatic rings. The molecule has 1 N–H and O–H groups in total. The van der Waals surface area contributed by atoms with Crippen molar-refractivity contribution < 1.29 is 14.6 Å². The largest absolute Gasteiger partial charge is 0.459 e. The predicted octanol–water partition coefficient (Wildman–Crippen LogP) is 2.57. The summed E-state index contributed by atoms with van der Waals surface area (Å²) in [5, 5.41) is 9.32. The Morgan fingerprint density at radius 1 is 1.50 bits per heavy atom. The Balaban J connectivity index is 2.46. The number of rotatable bonds is 4. The molecule has 1 aromatic heterocycles. The molecule has 5 heteroatoms. The van der Waals surface area contributed by atoms with Crippen LogP contribution >= 0.6 is 11.8 Å². The van der Waals surface area contributed by atoms with Gasteiger partial charge in [0.2, 0.25) is 0 Å². The number of aliphatic hydroxyl groups excluding tert-OH is 1. The van der Waals surface area contributed by atoms with E-state index in [0.717, 1.165) is 4.90 Å². The summed E-state index contributed by atoms with van der Waals surface area (Å²) in [7, 11) is 0. The molecular formula is C13H19NO3S. The van der Waals surface area contributed by atoms with Crippen LogP contribution in [0.15, 0.2) is 23.2 Å². The maximum absolute atomic E-state index is 11.5. The Morgan fingerprint density at radius 3 is 2.61 bits per heavy atom. The third-order valence-electron chi connectivity index (χ3n) is 1.96. The van der Waals surface area contributed by atoms with Gasteiger partial charge < -0.3 is 9.84 Å². The second-order valence-corrected chi connectivity index (χ2v) is 6.02. The topological polar surface area (TPSA) is 59.4 Å². The summed E-state index contributed by atoms with van der Waals surface area (Å²) in [5.41, 5.74) is 0.170. The van der Waals surface area contributed by atoms with Crippen LogP contribution in [0, 0.1) is 0 Å². The number of esters is 1. The third kappa shape index (κ3) is 5.51. The summed E-state index contributed by atoms with van der Waals surface area (Å²) in [6.07, 6.45) is 1.08. The van der Waals surface area contributed by atoms with Gasteiger partial charge >= 0.3 is 5.97 Å². The number of ether oxygens (including phenoxy) is 1. The maximum atomic E-state index is 11.5. The van der Waals surface area contributed by atoms with Crippen molar-refractivity contribution in [1.29, 1.82) is 0 Å². The standard InChI is InChI=1S/C13H19NO3S/c1-9(15)11-6-5-10(7-14-11)18-8-12(16)17-13(2,3)4/h5-7,9,15H,8H2,1-4H3. The molecule has 0 saturated heterocycles. The number of hydrogen-bond acceptors (Lipinski definition) is 5. The Morgan fingerprint density at radius 2 is 2.17 bits per heavy atom. The van der Waals surface area contributed by atoms with E-state index in [1.165, 1.54) is 11.8 Å². The molecule has 0 aliphatic heterocycles. The summed E-state index contributed by atoms with van der Waals surface area (Å²) < 4.78 is 5.20. The van der Waals surface area contributed by atoms with Crippen LogP contribution in [0.2, 0.25) is 0 Å². The van der Waals surface area contributed by atoms with Crippen LogP contribution in [-0.4, -0.2) is 27.4 Å². The lowest BCUT2D eigenvalue weighted by Gasteiger charge is -2.19. The fourth-order valence-corrected chi connectivity index (χ4v) is 1.87. The van der Waals surface area contributed by atoms with Crippen LogP contribution in [0.4, 0.5) is 0 Å². The average molecular weight is 269 g/mol. The first-order valence-electron chi connectivity index (χ1n) is 5.76. The third-order valence-corrected chi connectivity index (χ3v) is 2.92. The number of aromatic nitrogens is 1. The zero-order chi connectivity index (χ0) is 13.8. The van der Waals surface area contributed by atoms with Crippen LogP contribution < -0.4 is 0 Å². The average Bonchev–Trinajstić information content (AvgIpc) is 2.24. The van der Waals surface area contributed by atoms with Crippen molar-refractivity contribution in [2.24, 2.45) is 0 Å². The first-order valence-corrected chi connectivity index (χ1v) is 6.75. The SMILES string of the molecule is CC(O)c1ccc(SCC(=O)OC(C)(C)C)cn1. The zero-order valence-electron chi connectivity index (χ0n) is 11.1. The van der Waals surface area contributed by atoms with E-state index in [1.54, 1.807) is 19.2 Å². The van der Waals surface area contributed by atoms with Crippen molar-refractivity contribution in [3.05, 3.63) is 24.0 Å². The summed E-state index contributed by atoms with van der Waals surface area (Å²) >= 11 is 1.37. The van der Waals surface area contributed by atoms with Crippen LogP contribution in [0.1, 0.15) is 39.5 Å². The van der Waals surface area contributed by atoms with E-state index < -0.39 is 11.7 Å². The van der Waals surface area contributed by atoms with Gasteiger partial charge in [0.25, 0.3) is 0 Å². The second kappa shape index (κ2) is 6.20. The molecule has 18 heavy (non-hydrogen) atoms. The maximum Gasteiger partial charge on any atom is 0.316 e. The fraction of sp³-hybridized carbons (Fsp3) is 0.538. The molecule has 1 rings (SSSR count). The number of thioether (sulfide) groups is 1. The summed E-state index contributed by atoms with van der Waals surface area (Å²) in [6, 6.07) is 3.59. The second-order valence-electron chi connectivity index (χ2n) is 4.97. The van der Waals surface area contributed by atoms with Crippen molar-refractivity contribution in [1.82, 2.24) is 4.98 Å². The van der Waals surface area contributed by atoms with Crippen LogP contribution in [0.3, 0.4) is 0 Å². The molecule has 0 bridgehead atoms. The highest BCUT2D eigenvalue weighted by molar-refractivity contribution is 8.00. The molecular weight excluding hydrogens is 250 g/mol. The van der Waals surface area contributed by atoms with Gasteiger partial charge in [0.05, 0.1) is 17.6 Å². The minimum absolute atomic E-state index is 0.243. The van der Waals surface area contributed by atoms with E-state index in [2.05, 4.69) is 4.98 Å². The van der Waals surface area contributed by atoms with Gasteiger partial charge in [0.1, 0.15) is 5.60 Å². The number of nitrogens with zero attached hydrogens (tertiary/aromatic N) is 1. The molecule has 0 amide bonds. The minimum atomic E-state index is -0.574. The van der Waals surface area contributed by atoms with Gasteiger partial charge in [0, 0.05) is 11.1 Å². The number of carbonyl (C=O) groups excluding carboxylic acids is 1. The van der Waals surface area contributed by atoms with Crippen molar-refractivity contribution in [2.75, 3.05) is 5.75 Å².